The molecule has 4 heteroatoms. The average Bonchev–Trinajstić information content (AvgIpc) is 2.91. The van der Waals surface area contributed by atoms with Gasteiger partial charge in [-0.15, -0.1) is 0 Å². The van der Waals surface area contributed by atoms with E-state index in [4.69, 9.17) is 5.11 Å². The molecule has 0 aromatic heterocycles. The minimum atomic E-state index is -0.854. The number of anilines is 1. The topological polar surface area (TPSA) is 66.4 Å². The Morgan fingerprint density at radius 2 is 2.18 bits per heavy atom. The lowest BCUT2D eigenvalue weighted by Gasteiger charge is -2.11. The van der Waals surface area contributed by atoms with Crippen LogP contribution in [0.1, 0.15) is 29.5 Å². The van der Waals surface area contributed by atoms with Crippen molar-refractivity contribution in [1.29, 1.82) is 0 Å². The van der Waals surface area contributed by atoms with Crippen molar-refractivity contribution in [3.63, 3.8) is 0 Å². The number of carbonyl (C=O) groups is 2. The Bertz CT molecular complexity index is 544. The number of amides is 1. The highest BCUT2D eigenvalue weighted by molar-refractivity contribution is 6.09. The molecule has 0 saturated heterocycles. The van der Waals surface area contributed by atoms with Crippen molar-refractivity contribution < 1.29 is 14.7 Å². The zero-order valence-electron chi connectivity index (χ0n) is 9.54. The Hall–Kier alpha value is -1.84. The van der Waals surface area contributed by atoms with E-state index in [1.54, 1.807) is 0 Å². The Kier molecular flexibility index (Phi) is 1.88. The molecular formula is C13H13NO3. The molecule has 0 bridgehead atoms. The van der Waals surface area contributed by atoms with Gasteiger partial charge in [-0.05, 0) is 42.5 Å². The second-order valence-corrected chi connectivity index (χ2v) is 4.95. The Morgan fingerprint density at radius 1 is 1.47 bits per heavy atom. The van der Waals surface area contributed by atoms with Crippen LogP contribution in [0.3, 0.4) is 0 Å². The maximum atomic E-state index is 11.9. The van der Waals surface area contributed by atoms with Gasteiger partial charge in [0.1, 0.15) is 0 Å². The molecule has 1 heterocycles. The second-order valence-electron chi connectivity index (χ2n) is 4.95. The smallest absolute Gasteiger partial charge is 0.307 e. The van der Waals surface area contributed by atoms with Gasteiger partial charge in [0.15, 0.2) is 0 Å². The summed E-state index contributed by atoms with van der Waals surface area (Å²) in [5, 5.41) is 11.8. The number of benzene rings is 1. The molecule has 2 aliphatic rings. The number of carbonyl (C=O) groups excluding carboxylic acids is 1. The highest BCUT2D eigenvalue weighted by Gasteiger charge is 2.57. The number of fused-ring (bicyclic) bond motifs is 2. The molecule has 1 amide bonds. The van der Waals surface area contributed by atoms with Crippen LogP contribution in [0, 0.1) is 6.92 Å². The number of carboxylic acid groups (broad SMARTS) is 1. The predicted octanol–water partition coefficient (Wildman–Crippen LogP) is 1.61. The number of carboxylic acids is 1. The van der Waals surface area contributed by atoms with Crippen molar-refractivity contribution in [3.8, 4) is 0 Å². The van der Waals surface area contributed by atoms with Crippen LogP contribution >= 0.6 is 0 Å². The summed E-state index contributed by atoms with van der Waals surface area (Å²) in [6, 6.07) is 3.80. The molecule has 1 aromatic rings. The van der Waals surface area contributed by atoms with Gasteiger partial charge in [0.2, 0.25) is 5.91 Å². The van der Waals surface area contributed by atoms with Crippen molar-refractivity contribution >= 4 is 17.6 Å². The van der Waals surface area contributed by atoms with Crippen LogP contribution in [-0.4, -0.2) is 17.0 Å². The normalized spacial score (nSPS) is 19.0. The molecule has 1 aliphatic carbocycles. The molecular weight excluding hydrogens is 218 g/mol. The van der Waals surface area contributed by atoms with Gasteiger partial charge in [-0.1, -0.05) is 6.07 Å². The first-order chi connectivity index (χ1) is 8.03. The molecule has 1 aromatic carbocycles. The molecule has 0 atom stereocenters. The molecule has 1 saturated carbocycles. The van der Waals surface area contributed by atoms with Crippen LogP contribution < -0.4 is 5.32 Å². The standard InChI is InChI=1S/C13H13NO3/c1-7-4-8(6-10(15)16)11-9(5-7)14-12(17)13(11)2-3-13/h4-5H,2-3,6H2,1H3,(H,14,17)(H,15,16). The third-order valence-electron chi connectivity index (χ3n) is 3.62. The number of rotatable bonds is 2. The van der Waals surface area contributed by atoms with Crippen LogP contribution in [0.4, 0.5) is 5.69 Å². The van der Waals surface area contributed by atoms with Crippen molar-refractivity contribution in [2.45, 2.75) is 31.6 Å². The van der Waals surface area contributed by atoms with Crippen LogP contribution in [0.25, 0.3) is 0 Å². The molecule has 17 heavy (non-hydrogen) atoms. The van der Waals surface area contributed by atoms with Crippen LogP contribution in [0.2, 0.25) is 0 Å². The first kappa shape index (κ1) is 10.3. The predicted molar refractivity (Wildman–Crippen MR) is 62.1 cm³/mol. The van der Waals surface area contributed by atoms with Gasteiger partial charge in [0, 0.05) is 5.69 Å². The van der Waals surface area contributed by atoms with E-state index in [1.807, 2.05) is 19.1 Å². The van der Waals surface area contributed by atoms with E-state index in [2.05, 4.69) is 5.32 Å². The fraction of sp³-hybridized carbons (Fsp3) is 0.385. The van der Waals surface area contributed by atoms with E-state index >= 15 is 0 Å². The van der Waals surface area contributed by atoms with Crippen LogP contribution in [0.15, 0.2) is 12.1 Å². The zero-order valence-corrected chi connectivity index (χ0v) is 9.54. The van der Waals surface area contributed by atoms with E-state index in [0.29, 0.717) is 0 Å². The van der Waals surface area contributed by atoms with E-state index in [1.165, 1.54) is 0 Å². The summed E-state index contributed by atoms with van der Waals surface area (Å²) in [7, 11) is 0. The Morgan fingerprint density at radius 3 is 2.76 bits per heavy atom. The Balaban J connectivity index is 2.17. The fourth-order valence-electron chi connectivity index (χ4n) is 2.79. The van der Waals surface area contributed by atoms with Gasteiger partial charge in [-0.2, -0.15) is 0 Å². The van der Waals surface area contributed by atoms with Crippen LogP contribution in [0.5, 0.6) is 0 Å². The highest BCUT2D eigenvalue weighted by atomic mass is 16.4. The molecule has 0 radical (unpaired) electrons. The highest BCUT2D eigenvalue weighted by Crippen LogP contribution is 2.56. The lowest BCUT2D eigenvalue weighted by molar-refractivity contribution is -0.136. The molecule has 2 N–H and O–H groups in total. The number of nitrogens with one attached hydrogen (secondary N) is 1. The SMILES string of the molecule is Cc1cc(CC(=O)O)c2c(c1)NC(=O)C21CC1. The summed E-state index contributed by atoms with van der Waals surface area (Å²) >= 11 is 0. The summed E-state index contributed by atoms with van der Waals surface area (Å²) in [5.41, 5.74) is 3.09. The van der Waals surface area contributed by atoms with E-state index in [9.17, 15) is 9.59 Å². The van der Waals surface area contributed by atoms with Gasteiger partial charge >= 0.3 is 5.97 Å². The molecule has 1 fully saturated rings. The zero-order chi connectivity index (χ0) is 12.2. The molecule has 1 spiro atoms. The van der Waals surface area contributed by atoms with Gasteiger partial charge < -0.3 is 10.4 Å². The van der Waals surface area contributed by atoms with Crippen LogP contribution in [-0.2, 0) is 21.4 Å². The third-order valence-corrected chi connectivity index (χ3v) is 3.62. The molecule has 3 rings (SSSR count). The molecule has 4 nitrogen and oxygen atoms in total. The lowest BCUT2D eigenvalue weighted by Crippen LogP contribution is -2.19. The largest absolute Gasteiger partial charge is 0.481 e. The minimum absolute atomic E-state index is 0.0132. The van der Waals surface area contributed by atoms with E-state index < -0.39 is 11.4 Å². The quantitative estimate of drug-likeness (QED) is 0.812. The maximum Gasteiger partial charge on any atom is 0.307 e. The fourth-order valence-corrected chi connectivity index (χ4v) is 2.79. The summed E-state index contributed by atoms with van der Waals surface area (Å²) in [6.45, 7) is 1.91. The minimum Gasteiger partial charge on any atom is -0.481 e. The first-order valence-electron chi connectivity index (χ1n) is 5.70. The average molecular weight is 231 g/mol. The number of hydrogen-bond donors (Lipinski definition) is 2. The van der Waals surface area contributed by atoms with E-state index in [0.717, 1.165) is 35.2 Å². The van der Waals surface area contributed by atoms with Gasteiger partial charge in [-0.25, -0.2) is 0 Å². The summed E-state index contributed by atoms with van der Waals surface area (Å²) < 4.78 is 0. The third kappa shape index (κ3) is 1.37. The van der Waals surface area contributed by atoms with Gasteiger partial charge in [0.05, 0.1) is 11.8 Å². The second kappa shape index (κ2) is 3.09. The van der Waals surface area contributed by atoms with Crippen molar-refractivity contribution in [2.75, 3.05) is 5.32 Å². The summed E-state index contributed by atoms with van der Waals surface area (Å²) in [6.07, 6.45) is 1.66. The monoisotopic (exact) mass is 231 g/mol. The number of hydrogen-bond acceptors (Lipinski definition) is 2. The number of aliphatic carboxylic acids is 1. The van der Waals surface area contributed by atoms with Crippen molar-refractivity contribution in [1.82, 2.24) is 0 Å². The number of aryl methyl sites for hydroxylation is 1. The maximum absolute atomic E-state index is 11.9. The van der Waals surface area contributed by atoms with Gasteiger partial charge in [-0.3, -0.25) is 9.59 Å². The van der Waals surface area contributed by atoms with Gasteiger partial charge in [0.25, 0.3) is 0 Å². The summed E-state index contributed by atoms with van der Waals surface area (Å²) in [4.78, 5) is 22.8. The lowest BCUT2D eigenvalue weighted by atomic mass is 9.90. The summed E-state index contributed by atoms with van der Waals surface area (Å²) in [5.74, 6) is -0.822. The van der Waals surface area contributed by atoms with Crippen molar-refractivity contribution in [2.24, 2.45) is 0 Å². The Labute approximate surface area is 98.6 Å². The molecule has 0 unspecified atom stereocenters. The molecule has 1 aliphatic heterocycles. The van der Waals surface area contributed by atoms with E-state index in [-0.39, 0.29) is 12.3 Å². The first-order valence-corrected chi connectivity index (χ1v) is 5.70. The van der Waals surface area contributed by atoms with Crippen molar-refractivity contribution in [3.05, 3.63) is 28.8 Å². The molecule has 88 valence electrons.